The summed E-state index contributed by atoms with van der Waals surface area (Å²) in [7, 11) is 0. The highest BCUT2D eigenvalue weighted by Crippen LogP contribution is 2.17. The zero-order valence-electron chi connectivity index (χ0n) is 16.2. The van der Waals surface area contributed by atoms with Gasteiger partial charge in [-0.15, -0.1) is 0 Å². The Labute approximate surface area is 164 Å². The SMILES string of the molecule is CCOC(=O)N1CCN(C(=O)c2cc(Nc3ccc(CC)cc3)ncn2)CC1. The van der Waals surface area contributed by atoms with Crippen LogP contribution in [0.2, 0.25) is 0 Å². The summed E-state index contributed by atoms with van der Waals surface area (Å²) < 4.78 is 5.00. The molecule has 0 spiro atoms. The van der Waals surface area contributed by atoms with Gasteiger partial charge in [0.25, 0.3) is 5.91 Å². The molecule has 28 heavy (non-hydrogen) atoms. The molecule has 1 aliphatic rings. The fourth-order valence-corrected chi connectivity index (χ4v) is 2.98. The normalized spacial score (nSPS) is 13.9. The lowest BCUT2D eigenvalue weighted by molar-refractivity contribution is 0.0566. The van der Waals surface area contributed by atoms with Gasteiger partial charge < -0.3 is 19.9 Å². The first-order valence-electron chi connectivity index (χ1n) is 9.49. The molecule has 1 aliphatic heterocycles. The molecule has 1 fully saturated rings. The van der Waals surface area contributed by atoms with E-state index in [4.69, 9.17) is 4.74 Å². The Morgan fingerprint density at radius 2 is 1.71 bits per heavy atom. The predicted molar refractivity (Wildman–Crippen MR) is 106 cm³/mol. The minimum absolute atomic E-state index is 0.171. The van der Waals surface area contributed by atoms with Gasteiger partial charge >= 0.3 is 6.09 Å². The number of ether oxygens (including phenoxy) is 1. The van der Waals surface area contributed by atoms with Crippen molar-refractivity contribution < 1.29 is 14.3 Å². The Morgan fingerprint density at radius 3 is 2.36 bits per heavy atom. The third-order valence-electron chi connectivity index (χ3n) is 4.61. The third-order valence-corrected chi connectivity index (χ3v) is 4.61. The smallest absolute Gasteiger partial charge is 0.409 e. The van der Waals surface area contributed by atoms with Crippen molar-refractivity contribution in [3.8, 4) is 0 Å². The van der Waals surface area contributed by atoms with Crippen LogP contribution < -0.4 is 5.32 Å². The summed E-state index contributed by atoms with van der Waals surface area (Å²) in [4.78, 5) is 36.2. The quantitative estimate of drug-likeness (QED) is 0.854. The number of carbonyl (C=O) groups excluding carboxylic acids is 2. The fraction of sp³-hybridized carbons (Fsp3) is 0.400. The molecule has 148 valence electrons. The highest BCUT2D eigenvalue weighted by Gasteiger charge is 2.26. The third kappa shape index (κ3) is 4.76. The summed E-state index contributed by atoms with van der Waals surface area (Å²) in [6, 6.07) is 9.72. The average Bonchev–Trinajstić information content (AvgIpc) is 2.74. The molecular weight excluding hydrogens is 358 g/mol. The number of hydrogen-bond acceptors (Lipinski definition) is 6. The molecule has 2 aromatic rings. The number of benzene rings is 1. The number of nitrogens with one attached hydrogen (secondary N) is 1. The second-order valence-corrected chi connectivity index (χ2v) is 6.44. The number of anilines is 2. The lowest BCUT2D eigenvalue weighted by Crippen LogP contribution is -2.50. The Kier molecular flexibility index (Phi) is 6.41. The first kappa shape index (κ1) is 19.6. The highest BCUT2D eigenvalue weighted by molar-refractivity contribution is 5.93. The molecular formula is C20H25N5O3. The number of carbonyl (C=O) groups is 2. The number of hydrogen-bond donors (Lipinski definition) is 1. The second-order valence-electron chi connectivity index (χ2n) is 6.44. The molecule has 0 atom stereocenters. The Hall–Kier alpha value is -3.16. The van der Waals surface area contributed by atoms with Crippen molar-refractivity contribution >= 4 is 23.5 Å². The summed E-state index contributed by atoms with van der Waals surface area (Å²) in [6.07, 6.45) is 2.03. The maximum atomic E-state index is 12.8. The molecule has 0 unspecified atom stereocenters. The predicted octanol–water partition coefficient (Wildman–Crippen LogP) is 2.70. The fourth-order valence-electron chi connectivity index (χ4n) is 2.98. The van der Waals surface area contributed by atoms with E-state index in [1.807, 2.05) is 12.1 Å². The number of rotatable bonds is 5. The summed E-state index contributed by atoms with van der Waals surface area (Å²) in [5.74, 6) is 0.392. The molecule has 1 saturated heterocycles. The molecule has 1 N–H and O–H groups in total. The number of aromatic nitrogens is 2. The van der Waals surface area contributed by atoms with Crippen molar-refractivity contribution in [2.45, 2.75) is 20.3 Å². The van der Waals surface area contributed by atoms with Crippen LogP contribution in [0.3, 0.4) is 0 Å². The summed E-state index contributed by atoms with van der Waals surface area (Å²) in [6.45, 7) is 6.02. The van der Waals surface area contributed by atoms with E-state index in [2.05, 4.69) is 34.3 Å². The number of aryl methyl sites for hydroxylation is 1. The molecule has 1 aromatic carbocycles. The lowest BCUT2D eigenvalue weighted by Gasteiger charge is -2.33. The van der Waals surface area contributed by atoms with Crippen LogP contribution in [0.15, 0.2) is 36.7 Å². The van der Waals surface area contributed by atoms with Crippen LogP contribution >= 0.6 is 0 Å². The Morgan fingerprint density at radius 1 is 1.04 bits per heavy atom. The van der Waals surface area contributed by atoms with Crippen molar-refractivity contribution in [2.75, 3.05) is 38.1 Å². The lowest BCUT2D eigenvalue weighted by atomic mass is 10.1. The van der Waals surface area contributed by atoms with Crippen molar-refractivity contribution in [1.82, 2.24) is 19.8 Å². The van der Waals surface area contributed by atoms with Gasteiger partial charge in [0, 0.05) is 37.9 Å². The molecule has 0 radical (unpaired) electrons. The molecule has 0 saturated carbocycles. The molecule has 0 bridgehead atoms. The van der Waals surface area contributed by atoms with E-state index in [-0.39, 0.29) is 12.0 Å². The zero-order valence-corrected chi connectivity index (χ0v) is 16.2. The number of nitrogens with zero attached hydrogens (tertiary/aromatic N) is 4. The van der Waals surface area contributed by atoms with Crippen molar-refractivity contribution in [3.63, 3.8) is 0 Å². The van der Waals surface area contributed by atoms with Crippen LogP contribution in [-0.2, 0) is 11.2 Å². The molecule has 2 heterocycles. The molecule has 8 nitrogen and oxygen atoms in total. The van der Waals surface area contributed by atoms with Gasteiger partial charge in [-0.05, 0) is 31.0 Å². The van der Waals surface area contributed by atoms with E-state index in [9.17, 15) is 9.59 Å². The van der Waals surface area contributed by atoms with E-state index in [1.165, 1.54) is 11.9 Å². The highest BCUT2D eigenvalue weighted by atomic mass is 16.6. The zero-order chi connectivity index (χ0) is 19.9. The molecule has 3 rings (SSSR count). The number of amides is 2. The van der Waals surface area contributed by atoms with Crippen LogP contribution in [-0.4, -0.2) is 64.6 Å². The van der Waals surface area contributed by atoms with Gasteiger partial charge in [-0.25, -0.2) is 14.8 Å². The van der Waals surface area contributed by atoms with Gasteiger partial charge in [0.2, 0.25) is 0 Å². The van der Waals surface area contributed by atoms with Gasteiger partial charge in [-0.3, -0.25) is 4.79 Å². The largest absolute Gasteiger partial charge is 0.450 e. The van der Waals surface area contributed by atoms with Crippen LogP contribution in [0, 0.1) is 0 Å². The van der Waals surface area contributed by atoms with Gasteiger partial charge in [-0.1, -0.05) is 19.1 Å². The van der Waals surface area contributed by atoms with E-state index in [0.29, 0.717) is 44.3 Å². The molecule has 1 aromatic heterocycles. The van der Waals surface area contributed by atoms with Crippen molar-refractivity contribution in [3.05, 3.63) is 47.9 Å². The van der Waals surface area contributed by atoms with E-state index in [1.54, 1.807) is 22.8 Å². The van der Waals surface area contributed by atoms with Crippen LogP contribution in [0.25, 0.3) is 0 Å². The summed E-state index contributed by atoms with van der Waals surface area (Å²) in [5.41, 5.74) is 2.48. The van der Waals surface area contributed by atoms with Crippen molar-refractivity contribution in [2.24, 2.45) is 0 Å². The maximum Gasteiger partial charge on any atom is 0.409 e. The van der Waals surface area contributed by atoms with Crippen LogP contribution in [0.4, 0.5) is 16.3 Å². The number of piperazine rings is 1. The van der Waals surface area contributed by atoms with Crippen molar-refractivity contribution in [1.29, 1.82) is 0 Å². The average molecular weight is 383 g/mol. The monoisotopic (exact) mass is 383 g/mol. The maximum absolute atomic E-state index is 12.8. The minimum atomic E-state index is -0.336. The second kappa shape index (κ2) is 9.16. The van der Waals surface area contributed by atoms with E-state index >= 15 is 0 Å². The Bertz CT molecular complexity index is 817. The topological polar surface area (TPSA) is 87.7 Å². The first-order valence-corrected chi connectivity index (χ1v) is 9.49. The molecule has 2 amide bonds. The van der Waals surface area contributed by atoms with E-state index in [0.717, 1.165) is 12.1 Å². The minimum Gasteiger partial charge on any atom is -0.450 e. The van der Waals surface area contributed by atoms with Gasteiger partial charge in [0.1, 0.15) is 17.8 Å². The molecule has 8 heteroatoms. The van der Waals surface area contributed by atoms with Crippen LogP contribution in [0.1, 0.15) is 29.9 Å². The summed E-state index contributed by atoms with van der Waals surface area (Å²) in [5, 5.41) is 3.20. The van der Waals surface area contributed by atoms with Crippen LogP contribution in [0.5, 0.6) is 0 Å². The molecule has 0 aliphatic carbocycles. The Balaban J connectivity index is 1.61. The summed E-state index contributed by atoms with van der Waals surface area (Å²) >= 11 is 0. The van der Waals surface area contributed by atoms with Gasteiger partial charge in [0.05, 0.1) is 6.61 Å². The van der Waals surface area contributed by atoms with E-state index < -0.39 is 0 Å². The standard InChI is InChI=1S/C20H25N5O3/c1-3-15-5-7-16(8-6-15)23-18-13-17(21-14-22-18)19(26)24-9-11-25(12-10-24)20(27)28-4-2/h5-8,13-14H,3-4,9-12H2,1-2H3,(H,21,22,23). The van der Waals surface area contributed by atoms with Gasteiger partial charge in [0.15, 0.2) is 0 Å². The first-order chi connectivity index (χ1) is 13.6. The van der Waals surface area contributed by atoms with Gasteiger partial charge in [-0.2, -0.15) is 0 Å².